The third-order valence-electron chi connectivity index (χ3n) is 5.46. The van der Waals surface area contributed by atoms with Gasteiger partial charge in [-0.25, -0.2) is 0 Å². The van der Waals surface area contributed by atoms with Crippen LogP contribution in [0, 0.1) is 0 Å². The molecule has 144 valence electrons. The van der Waals surface area contributed by atoms with E-state index in [4.69, 9.17) is 4.74 Å². The van der Waals surface area contributed by atoms with Gasteiger partial charge in [0.15, 0.2) is 0 Å². The number of benzene rings is 3. The summed E-state index contributed by atoms with van der Waals surface area (Å²) in [5.74, 6) is 0.00894. The number of fused-ring (bicyclic) bond motifs is 1. The molecular weight excluding hydrogens is 360 g/mol. The smallest absolute Gasteiger partial charge is 0.263 e. The number of ether oxygens (including phenoxy) is 1. The highest BCUT2D eigenvalue weighted by Crippen LogP contribution is 2.42. The first-order chi connectivity index (χ1) is 14.3. The van der Waals surface area contributed by atoms with E-state index in [1.165, 1.54) is 5.69 Å². The third kappa shape index (κ3) is 3.32. The number of para-hydroxylation sites is 2. The standard InChI is InChI=1S/C25H22N2O2/c28-25-23(18-19-10-12-20(13-11-19)26-14-16-29-17-15-26)22-8-4-5-9-24(22)27(25)21-6-2-1-3-7-21/h1-13,18H,14-17H2. The van der Waals surface area contributed by atoms with Gasteiger partial charge in [-0.15, -0.1) is 0 Å². The summed E-state index contributed by atoms with van der Waals surface area (Å²) in [6, 6.07) is 26.2. The Morgan fingerprint density at radius 3 is 2.21 bits per heavy atom. The van der Waals surface area contributed by atoms with Crippen molar-refractivity contribution in [2.75, 3.05) is 36.1 Å². The van der Waals surface area contributed by atoms with E-state index in [9.17, 15) is 4.79 Å². The molecule has 0 saturated carbocycles. The Labute approximate surface area is 170 Å². The molecule has 0 radical (unpaired) electrons. The first-order valence-electron chi connectivity index (χ1n) is 9.95. The van der Waals surface area contributed by atoms with E-state index in [0.717, 1.165) is 54.4 Å². The van der Waals surface area contributed by atoms with E-state index in [-0.39, 0.29) is 5.91 Å². The highest BCUT2D eigenvalue weighted by atomic mass is 16.5. The molecule has 2 heterocycles. The highest BCUT2D eigenvalue weighted by Gasteiger charge is 2.32. The van der Waals surface area contributed by atoms with Crippen LogP contribution in [0.5, 0.6) is 0 Å². The van der Waals surface area contributed by atoms with Gasteiger partial charge in [-0.1, -0.05) is 48.5 Å². The zero-order chi connectivity index (χ0) is 19.6. The maximum atomic E-state index is 13.3. The Kier molecular flexibility index (Phi) is 4.62. The molecule has 3 aromatic carbocycles. The number of amides is 1. The molecular formula is C25H22N2O2. The fraction of sp³-hybridized carbons (Fsp3) is 0.160. The Balaban J connectivity index is 1.49. The van der Waals surface area contributed by atoms with Crippen LogP contribution < -0.4 is 9.80 Å². The SMILES string of the molecule is O=C1C(=Cc2ccc(N3CCOCC3)cc2)c2ccccc2N1c1ccccc1. The number of carbonyl (C=O) groups excluding carboxylic acids is 1. The Morgan fingerprint density at radius 1 is 0.759 bits per heavy atom. The molecule has 1 amide bonds. The molecule has 0 aliphatic carbocycles. The summed E-state index contributed by atoms with van der Waals surface area (Å²) in [5.41, 5.74) is 5.73. The zero-order valence-corrected chi connectivity index (χ0v) is 16.1. The van der Waals surface area contributed by atoms with Crippen molar-refractivity contribution in [1.29, 1.82) is 0 Å². The first kappa shape index (κ1) is 17.7. The zero-order valence-electron chi connectivity index (χ0n) is 16.1. The minimum Gasteiger partial charge on any atom is -0.378 e. The lowest BCUT2D eigenvalue weighted by Gasteiger charge is -2.28. The molecule has 1 fully saturated rings. The molecule has 5 rings (SSSR count). The Bertz CT molecular complexity index is 1050. The second-order valence-electron chi connectivity index (χ2n) is 7.24. The molecule has 4 nitrogen and oxygen atoms in total. The number of hydrogen-bond donors (Lipinski definition) is 0. The van der Waals surface area contributed by atoms with Gasteiger partial charge in [0, 0.05) is 30.0 Å². The molecule has 0 bridgehead atoms. The van der Waals surface area contributed by atoms with Gasteiger partial charge >= 0.3 is 0 Å². The van der Waals surface area contributed by atoms with Crippen LogP contribution in [-0.4, -0.2) is 32.2 Å². The minimum atomic E-state index is 0.00894. The maximum absolute atomic E-state index is 13.3. The van der Waals surface area contributed by atoms with Gasteiger partial charge in [0.1, 0.15) is 0 Å². The van der Waals surface area contributed by atoms with Crippen LogP contribution in [0.15, 0.2) is 78.9 Å². The van der Waals surface area contributed by atoms with Crippen molar-refractivity contribution in [3.8, 4) is 0 Å². The lowest BCUT2D eigenvalue weighted by atomic mass is 10.0. The molecule has 0 N–H and O–H groups in total. The van der Waals surface area contributed by atoms with Gasteiger partial charge in [0.2, 0.25) is 0 Å². The second-order valence-corrected chi connectivity index (χ2v) is 7.24. The van der Waals surface area contributed by atoms with Crippen LogP contribution in [-0.2, 0) is 9.53 Å². The van der Waals surface area contributed by atoms with Crippen molar-refractivity contribution < 1.29 is 9.53 Å². The normalized spacial score (nSPS) is 17.7. The van der Waals surface area contributed by atoms with Crippen molar-refractivity contribution in [2.24, 2.45) is 0 Å². The highest BCUT2D eigenvalue weighted by molar-refractivity contribution is 6.37. The monoisotopic (exact) mass is 382 g/mol. The fourth-order valence-corrected chi connectivity index (χ4v) is 3.98. The lowest BCUT2D eigenvalue weighted by Crippen LogP contribution is -2.36. The Hall–Kier alpha value is -3.37. The van der Waals surface area contributed by atoms with E-state index in [1.807, 2.05) is 60.7 Å². The molecule has 4 heteroatoms. The molecule has 0 unspecified atom stereocenters. The number of carbonyl (C=O) groups is 1. The summed E-state index contributed by atoms with van der Waals surface area (Å²) in [7, 11) is 0. The molecule has 0 spiro atoms. The molecule has 29 heavy (non-hydrogen) atoms. The number of rotatable bonds is 3. The molecule has 3 aromatic rings. The van der Waals surface area contributed by atoms with Gasteiger partial charge < -0.3 is 9.64 Å². The molecule has 2 aliphatic heterocycles. The average molecular weight is 382 g/mol. The van der Waals surface area contributed by atoms with Crippen LogP contribution in [0.25, 0.3) is 11.6 Å². The van der Waals surface area contributed by atoms with Crippen LogP contribution in [0.2, 0.25) is 0 Å². The van der Waals surface area contributed by atoms with E-state index in [2.05, 4.69) is 29.2 Å². The summed E-state index contributed by atoms with van der Waals surface area (Å²) in [6.07, 6.45) is 1.99. The number of hydrogen-bond acceptors (Lipinski definition) is 3. The number of nitrogens with zero attached hydrogens (tertiary/aromatic N) is 2. The molecule has 0 aromatic heterocycles. The maximum Gasteiger partial charge on any atom is 0.263 e. The van der Waals surface area contributed by atoms with Crippen molar-refractivity contribution in [1.82, 2.24) is 0 Å². The third-order valence-corrected chi connectivity index (χ3v) is 5.46. The summed E-state index contributed by atoms with van der Waals surface area (Å²) in [6.45, 7) is 3.37. The number of anilines is 3. The molecule has 2 aliphatic rings. The summed E-state index contributed by atoms with van der Waals surface area (Å²) >= 11 is 0. The second kappa shape index (κ2) is 7.57. The quantitative estimate of drug-likeness (QED) is 0.613. The summed E-state index contributed by atoms with van der Waals surface area (Å²) < 4.78 is 5.43. The van der Waals surface area contributed by atoms with E-state index < -0.39 is 0 Å². The van der Waals surface area contributed by atoms with Gasteiger partial charge in [-0.05, 0) is 42.0 Å². The van der Waals surface area contributed by atoms with Gasteiger partial charge in [-0.2, -0.15) is 0 Å². The van der Waals surface area contributed by atoms with E-state index >= 15 is 0 Å². The summed E-state index contributed by atoms with van der Waals surface area (Å²) in [4.78, 5) is 17.4. The van der Waals surface area contributed by atoms with E-state index in [1.54, 1.807) is 4.90 Å². The van der Waals surface area contributed by atoms with Crippen LogP contribution in [0.3, 0.4) is 0 Å². The van der Waals surface area contributed by atoms with Gasteiger partial charge in [0.25, 0.3) is 5.91 Å². The first-order valence-corrected chi connectivity index (χ1v) is 9.95. The van der Waals surface area contributed by atoms with Crippen LogP contribution in [0.4, 0.5) is 17.1 Å². The lowest BCUT2D eigenvalue weighted by molar-refractivity contribution is -0.112. The predicted octanol–water partition coefficient (Wildman–Crippen LogP) is 4.74. The number of morpholine rings is 1. The predicted molar refractivity (Wildman–Crippen MR) is 117 cm³/mol. The van der Waals surface area contributed by atoms with Crippen molar-refractivity contribution >= 4 is 34.6 Å². The van der Waals surface area contributed by atoms with Crippen molar-refractivity contribution in [2.45, 2.75) is 0 Å². The van der Waals surface area contributed by atoms with Gasteiger partial charge in [-0.3, -0.25) is 9.69 Å². The molecule has 0 atom stereocenters. The van der Waals surface area contributed by atoms with Crippen LogP contribution >= 0.6 is 0 Å². The van der Waals surface area contributed by atoms with Crippen molar-refractivity contribution in [3.63, 3.8) is 0 Å². The largest absolute Gasteiger partial charge is 0.378 e. The molecule has 1 saturated heterocycles. The van der Waals surface area contributed by atoms with Crippen molar-refractivity contribution in [3.05, 3.63) is 90.0 Å². The Morgan fingerprint density at radius 2 is 1.45 bits per heavy atom. The topological polar surface area (TPSA) is 32.8 Å². The van der Waals surface area contributed by atoms with E-state index in [0.29, 0.717) is 0 Å². The van der Waals surface area contributed by atoms with Crippen LogP contribution in [0.1, 0.15) is 11.1 Å². The average Bonchev–Trinajstić information content (AvgIpc) is 3.07. The fourth-order valence-electron chi connectivity index (χ4n) is 3.98. The summed E-state index contributed by atoms with van der Waals surface area (Å²) in [5, 5.41) is 0. The minimum absolute atomic E-state index is 0.00894. The van der Waals surface area contributed by atoms with Gasteiger partial charge in [0.05, 0.1) is 24.5 Å².